The molecule has 2 aromatic heterocycles. The van der Waals surface area contributed by atoms with Crippen LogP contribution in [0.1, 0.15) is 12.5 Å². The fraction of sp³-hybridized carbons (Fsp3) is 0.105. The van der Waals surface area contributed by atoms with Crippen LogP contribution < -0.4 is 10.0 Å². The number of rotatable bonds is 6. The Hall–Kier alpha value is -3.10. The van der Waals surface area contributed by atoms with Crippen LogP contribution in [0.3, 0.4) is 0 Å². The highest BCUT2D eigenvalue weighted by Gasteiger charge is 2.15. The first-order chi connectivity index (χ1) is 12.9. The van der Waals surface area contributed by atoms with E-state index in [0.717, 1.165) is 5.56 Å². The third-order valence-corrected chi connectivity index (χ3v) is 5.10. The summed E-state index contributed by atoms with van der Waals surface area (Å²) in [5.74, 6) is 0.148. The van der Waals surface area contributed by atoms with Crippen molar-refractivity contribution in [1.82, 2.24) is 14.7 Å². The Morgan fingerprint density at radius 2 is 1.81 bits per heavy atom. The van der Waals surface area contributed by atoms with Gasteiger partial charge in [-0.25, -0.2) is 18.1 Å². The van der Waals surface area contributed by atoms with E-state index < -0.39 is 10.0 Å². The van der Waals surface area contributed by atoms with Gasteiger partial charge < -0.3 is 5.32 Å². The van der Waals surface area contributed by atoms with Crippen molar-refractivity contribution in [2.75, 3.05) is 5.32 Å². The number of aromatic nitrogens is 2. The van der Waals surface area contributed by atoms with Crippen LogP contribution in [-0.4, -0.2) is 24.3 Å². The first kappa shape index (κ1) is 18.7. The Kier molecular flexibility index (Phi) is 5.58. The Labute approximate surface area is 157 Å². The quantitative estimate of drug-likeness (QED) is 0.682. The van der Waals surface area contributed by atoms with Crippen LogP contribution in [0.2, 0.25) is 0 Å². The van der Waals surface area contributed by atoms with E-state index in [2.05, 4.69) is 20.0 Å². The van der Waals surface area contributed by atoms with Crippen LogP contribution in [0.4, 0.5) is 5.82 Å². The maximum atomic E-state index is 12.6. The van der Waals surface area contributed by atoms with E-state index >= 15 is 0 Å². The molecule has 1 aromatic carbocycles. The lowest BCUT2D eigenvalue weighted by Crippen LogP contribution is -2.23. The summed E-state index contributed by atoms with van der Waals surface area (Å²) in [6.07, 6.45) is 4.39. The number of hydrogen-bond acceptors (Lipinski definition) is 5. The van der Waals surface area contributed by atoms with Gasteiger partial charge in [-0.1, -0.05) is 30.3 Å². The molecule has 0 atom stereocenters. The topological polar surface area (TPSA) is 101 Å². The van der Waals surface area contributed by atoms with Crippen LogP contribution >= 0.6 is 0 Å². The summed E-state index contributed by atoms with van der Waals surface area (Å²) >= 11 is 0. The van der Waals surface area contributed by atoms with Crippen molar-refractivity contribution in [3.8, 4) is 11.1 Å². The predicted molar refractivity (Wildman–Crippen MR) is 102 cm³/mol. The van der Waals surface area contributed by atoms with Gasteiger partial charge in [-0.2, -0.15) is 0 Å². The molecule has 138 valence electrons. The average Bonchev–Trinajstić information content (AvgIpc) is 2.67. The lowest BCUT2D eigenvalue weighted by Gasteiger charge is -2.09. The van der Waals surface area contributed by atoms with Gasteiger partial charge in [-0.3, -0.25) is 9.78 Å². The van der Waals surface area contributed by atoms with E-state index in [9.17, 15) is 13.2 Å². The van der Waals surface area contributed by atoms with E-state index in [1.165, 1.54) is 25.4 Å². The normalized spacial score (nSPS) is 11.1. The maximum absolute atomic E-state index is 12.6. The molecule has 0 aliphatic carbocycles. The Balaban J connectivity index is 1.83. The van der Waals surface area contributed by atoms with Crippen molar-refractivity contribution in [1.29, 1.82) is 0 Å². The number of amides is 1. The average molecular weight is 382 g/mol. The minimum Gasteiger partial charge on any atom is -0.311 e. The molecule has 0 spiro atoms. The molecular weight excluding hydrogens is 364 g/mol. The largest absolute Gasteiger partial charge is 0.311 e. The van der Waals surface area contributed by atoms with Gasteiger partial charge in [0.05, 0.1) is 0 Å². The van der Waals surface area contributed by atoms with E-state index in [-0.39, 0.29) is 17.3 Å². The second-order valence-corrected chi connectivity index (χ2v) is 7.60. The monoisotopic (exact) mass is 382 g/mol. The van der Waals surface area contributed by atoms with Gasteiger partial charge in [0.1, 0.15) is 10.7 Å². The summed E-state index contributed by atoms with van der Waals surface area (Å²) in [5.41, 5.74) is 2.16. The molecule has 27 heavy (non-hydrogen) atoms. The molecule has 3 aromatic rings. The maximum Gasteiger partial charge on any atom is 0.242 e. The Morgan fingerprint density at radius 1 is 1.04 bits per heavy atom. The highest BCUT2D eigenvalue weighted by Crippen LogP contribution is 2.23. The summed E-state index contributed by atoms with van der Waals surface area (Å²) in [6.45, 7) is 1.58. The fourth-order valence-corrected chi connectivity index (χ4v) is 3.45. The molecule has 8 heteroatoms. The van der Waals surface area contributed by atoms with Crippen molar-refractivity contribution in [3.63, 3.8) is 0 Å². The molecule has 7 nitrogen and oxygen atoms in total. The molecule has 0 saturated carbocycles. The molecular formula is C19H18N4O3S. The summed E-state index contributed by atoms with van der Waals surface area (Å²) in [6, 6.07) is 14.2. The number of pyridine rings is 2. The lowest BCUT2D eigenvalue weighted by molar-refractivity contribution is -0.114. The number of sulfonamides is 1. The summed E-state index contributed by atoms with van der Waals surface area (Å²) in [7, 11) is -3.72. The number of hydrogen-bond donors (Lipinski definition) is 2. The van der Waals surface area contributed by atoms with Crippen molar-refractivity contribution >= 4 is 21.7 Å². The number of nitrogens with zero attached hydrogens (tertiary/aromatic N) is 2. The summed E-state index contributed by atoms with van der Waals surface area (Å²) in [5, 5.41) is 2.60. The smallest absolute Gasteiger partial charge is 0.242 e. The highest BCUT2D eigenvalue weighted by atomic mass is 32.2. The SMILES string of the molecule is CC(=O)Nc1cc(-c2cncc(S(=O)(=O)NCc3ccccc3)c2)ccn1. The van der Waals surface area contributed by atoms with Gasteiger partial charge in [-0.05, 0) is 29.3 Å². The zero-order chi connectivity index (χ0) is 19.3. The molecule has 0 fully saturated rings. The standard InChI is InChI=1S/C19H18N4O3S/c1-14(24)23-19-10-16(7-8-21-19)17-9-18(13-20-12-17)27(25,26)22-11-15-5-3-2-4-6-15/h2-10,12-13,22H,11H2,1H3,(H,21,23,24). The molecule has 0 aliphatic rings. The van der Waals surface area contributed by atoms with Crippen molar-refractivity contribution in [2.45, 2.75) is 18.4 Å². The highest BCUT2D eigenvalue weighted by molar-refractivity contribution is 7.89. The molecule has 0 aliphatic heterocycles. The first-order valence-corrected chi connectivity index (χ1v) is 9.65. The molecule has 0 radical (unpaired) electrons. The number of carbonyl (C=O) groups excluding carboxylic acids is 1. The van der Waals surface area contributed by atoms with Crippen LogP contribution in [0, 0.1) is 0 Å². The van der Waals surface area contributed by atoms with E-state index in [0.29, 0.717) is 16.9 Å². The zero-order valence-corrected chi connectivity index (χ0v) is 15.4. The first-order valence-electron chi connectivity index (χ1n) is 8.17. The molecule has 0 saturated heterocycles. The fourth-order valence-electron chi connectivity index (χ4n) is 2.44. The summed E-state index contributed by atoms with van der Waals surface area (Å²) in [4.78, 5) is 19.4. The third-order valence-electron chi connectivity index (χ3n) is 3.73. The number of nitrogens with one attached hydrogen (secondary N) is 2. The second-order valence-electron chi connectivity index (χ2n) is 5.83. The van der Waals surface area contributed by atoms with E-state index in [1.54, 1.807) is 18.3 Å². The Morgan fingerprint density at radius 3 is 2.56 bits per heavy atom. The predicted octanol–water partition coefficient (Wildman–Crippen LogP) is 2.58. The van der Waals surface area contributed by atoms with Gasteiger partial charge in [0, 0.05) is 37.6 Å². The number of benzene rings is 1. The van der Waals surface area contributed by atoms with Crippen molar-refractivity contribution < 1.29 is 13.2 Å². The van der Waals surface area contributed by atoms with Crippen LogP contribution in [0.15, 0.2) is 72.0 Å². The van der Waals surface area contributed by atoms with E-state index in [4.69, 9.17) is 0 Å². The Bertz CT molecular complexity index is 1050. The molecule has 2 N–H and O–H groups in total. The van der Waals surface area contributed by atoms with Crippen molar-refractivity contribution in [2.24, 2.45) is 0 Å². The number of anilines is 1. The van der Waals surface area contributed by atoms with Gasteiger partial charge in [-0.15, -0.1) is 0 Å². The molecule has 2 heterocycles. The zero-order valence-electron chi connectivity index (χ0n) is 14.6. The van der Waals surface area contributed by atoms with Crippen LogP contribution in [0.25, 0.3) is 11.1 Å². The molecule has 1 amide bonds. The third kappa shape index (κ3) is 4.96. The van der Waals surface area contributed by atoms with Gasteiger partial charge in [0.15, 0.2) is 0 Å². The lowest BCUT2D eigenvalue weighted by atomic mass is 10.1. The van der Waals surface area contributed by atoms with E-state index in [1.807, 2.05) is 30.3 Å². The summed E-state index contributed by atoms with van der Waals surface area (Å²) < 4.78 is 27.7. The molecule has 0 bridgehead atoms. The van der Waals surface area contributed by atoms with Crippen LogP contribution in [0.5, 0.6) is 0 Å². The second kappa shape index (κ2) is 8.07. The van der Waals surface area contributed by atoms with Crippen molar-refractivity contribution in [3.05, 3.63) is 72.7 Å². The van der Waals surface area contributed by atoms with Crippen LogP contribution in [-0.2, 0) is 21.4 Å². The van der Waals surface area contributed by atoms with Gasteiger partial charge in [0.2, 0.25) is 15.9 Å². The minimum atomic E-state index is -3.72. The van der Waals surface area contributed by atoms with Gasteiger partial charge in [0.25, 0.3) is 0 Å². The minimum absolute atomic E-state index is 0.0637. The molecule has 0 unspecified atom stereocenters. The number of carbonyl (C=O) groups is 1. The molecule has 3 rings (SSSR count). The van der Waals surface area contributed by atoms with Gasteiger partial charge >= 0.3 is 0 Å².